The molecule has 20 heavy (non-hydrogen) atoms. The Labute approximate surface area is 135 Å². The number of nitrogens with one attached hydrogen (secondary N) is 1. The highest BCUT2D eigenvalue weighted by molar-refractivity contribution is 14.1. The number of hydrogen-bond donors (Lipinski definition) is 2. The van der Waals surface area contributed by atoms with Gasteiger partial charge in [-0.05, 0) is 65.1 Å². The number of benzene rings is 2. The van der Waals surface area contributed by atoms with Crippen LogP contribution < -0.4 is 15.8 Å². The van der Waals surface area contributed by atoms with Gasteiger partial charge in [-0.15, -0.1) is 0 Å². The number of ether oxygens (including phenoxy) is 1. The fourth-order valence-corrected chi connectivity index (χ4v) is 1.98. The van der Waals surface area contributed by atoms with Gasteiger partial charge in [0.1, 0.15) is 5.75 Å². The summed E-state index contributed by atoms with van der Waals surface area (Å²) in [5.74, 6) is 0.390. The number of nitrogens with two attached hydrogens (primary N) is 1. The Kier molecular flexibility index (Phi) is 5.08. The van der Waals surface area contributed by atoms with Crippen LogP contribution in [-0.2, 0) is 4.79 Å². The van der Waals surface area contributed by atoms with E-state index in [4.69, 9.17) is 22.1 Å². The van der Waals surface area contributed by atoms with E-state index in [0.717, 1.165) is 3.57 Å². The van der Waals surface area contributed by atoms with Gasteiger partial charge in [-0.2, -0.15) is 0 Å². The van der Waals surface area contributed by atoms with E-state index in [1.54, 1.807) is 18.2 Å². The minimum atomic E-state index is -0.259. The Morgan fingerprint density at radius 2 is 1.95 bits per heavy atom. The first-order valence-electron chi connectivity index (χ1n) is 5.78. The molecule has 0 aliphatic rings. The normalized spacial score (nSPS) is 10.1. The Balaban J connectivity index is 1.89. The maximum absolute atomic E-state index is 11.7. The summed E-state index contributed by atoms with van der Waals surface area (Å²) >= 11 is 8.01. The first-order valence-corrected chi connectivity index (χ1v) is 7.23. The van der Waals surface area contributed by atoms with Gasteiger partial charge in [0.05, 0.1) is 10.7 Å². The minimum absolute atomic E-state index is 0.0663. The van der Waals surface area contributed by atoms with Gasteiger partial charge in [0.15, 0.2) is 6.61 Å². The SMILES string of the molecule is Nc1cc(NC(=O)COc2ccc(I)cc2)ccc1Cl. The highest BCUT2D eigenvalue weighted by atomic mass is 127. The van der Waals surface area contributed by atoms with E-state index in [2.05, 4.69) is 27.9 Å². The third kappa shape index (κ3) is 4.28. The summed E-state index contributed by atoms with van der Waals surface area (Å²) < 4.78 is 6.48. The smallest absolute Gasteiger partial charge is 0.262 e. The Morgan fingerprint density at radius 3 is 2.60 bits per heavy atom. The van der Waals surface area contributed by atoms with Gasteiger partial charge < -0.3 is 15.8 Å². The van der Waals surface area contributed by atoms with E-state index in [-0.39, 0.29) is 12.5 Å². The fourth-order valence-electron chi connectivity index (χ4n) is 1.50. The van der Waals surface area contributed by atoms with Gasteiger partial charge >= 0.3 is 0 Å². The molecule has 4 nitrogen and oxygen atoms in total. The van der Waals surface area contributed by atoms with Crippen LogP contribution in [0, 0.1) is 3.57 Å². The first kappa shape index (κ1) is 14.9. The van der Waals surface area contributed by atoms with Crippen LogP contribution >= 0.6 is 34.2 Å². The van der Waals surface area contributed by atoms with Gasteiger partial charge in [-0.3, -0.25) is 4.79 Å². The van der Waals surface area contributed by atoms with Crippen LogP contribution in [0.15, 0.2) is 42.5 Å². The standard InChI is InChI=1S/C14H12ClIN2O2/c15-12-6-3-10(7-13(12)17)18-14(19)8-20-11-4-1-9(16)2-5-11/h1-7H,8,17H2,(H,18,19). The molecular formula is C14H12ClIN2O2. The zero-order chi connectivity index (χ0) is 14.5. The van der Waals surface area contributed by atoms with Gasteiger partial charge in [-0.25, -0.2) is 0 Å². The summed E-state index contributed by atoms with van der Waals surface area (Å²) in [6.07, 6.45) is 0. The molecule has 0 aliphatic heterocycles. The van der Waals surface area contributed by atoms with Crippen molar-refractivity contribution in [1.29, 1.82) is 0 Å². The number of hydrogen-bond acceptors (Lipinski definition) is 3. The van der Waals surface area contributed by atoms with Crippen LogP contribution in [0.25, 0.3) is 0 Å². The molecule has 6 heteroatoms. The Bertz CT molecular complexity index is 617. The predicted octanol–water partition coefficient (Wildman–Crippen LogP) is 3.54. The topological polar surface area (TPSA) is 64.3 Å². The van der Waals surface area contributed by atoms with Crippen LogP contribution in [0.1, 0.15) is 0 Å². The van der Waals surface area contributed by atoms with Gasteiger partial charge in [-0.1, -0.05) is 11.6 Å². The second-order valence-corrected chi connectivity index (χ2v) is 5.68. The average molecular weight is 403 g/mol. The second kappa shape index (κ2) is 6.81. The molecule has 1 amide bonds. The lowest BCUT2D eigenvalue weighted by Crippen LogP contribution is -2.20. The summed E-state index contributed by atoms with van der Waals surface area (Å²) in [6.45, 7) is -0.0663. The number of carbonyl (C=O) groups is 1. The molecule has 3 N–H and O–H groups in total. The molecule has 0 bridgehead atoms. The lowest BCUT2D eigenvalue weighted by molar-refractivity contribution is -0.118. The summed E-state index contributed by atoms with van der Waals surface area (Å²) in [4.78, 5) is 11.7. The predicted molar refractivity (Wildman–Crippen MR) is 89.1 cm³/mol. The quantitative estimate of drug-likeness (QED) is 0.607. The third-order valence-electron chi connectivity index (χ3n) is 2.46. The highest BCUT2D eigenvalue weighted by Gasteiger charge is 2.05. The summed E-state index contributed by atoms with van der Waals surface area (Å²) in [5, 5.41) is 3.14. The summed E-state index contributed by atoms with van der Waals surface area (Å²) in [7, 11) is 0. The molecule has 0 unspecified atom stereocenters. The molecule has 2 aromatic rings. The fraction of sp³-hybridized carbons (Fsp3) is 0.0714. The van der Waals surface area contributed by atoms with Gasteiger partial charge in [0.25, 0.3) is 5.91 Å². The zero-order valence-corrected chi connectivity index (χ0v) is 13.3. The molecule has 0 atom stereocenters. The maximum atomic E-state index is 11.7. The molecule has 0 aromatic heterocycles. The monoisotopic (exact) mass is 402 g/mol. The molecule has 104 valence electrons. The van der Waals surface area contributed by atoms with Crippen molar-refractivity contribution in [1.82, 2.24) is 0 Å². The minimum Gasteiger partial charge on any atom is -0.484 e. The van der Waals surface area contributed by atoms with E-state index in [1.165, 1.54) is 0 Å². The van der Waals surface area contributed by atoms with Crippen molar-refractivity contribution in [2.24, 2.45) is 0 Å². The maximum Gasteiger partial charge on any atom is 0.262 e. The van der Waals surface area contributed by atoms with Crippen molar-refractivity contribution in [3.05, 3.63) is 51.1 Å². The van der Waals surface area contributed by atoms with Crippen LogP contribution in [-0.4, -0.2) is 12.5 Å². The number of halogens is 2. The van der Waals surface area contributed by atoms with Crippen LogP contribution in [0.2, 0.25) is 5.02 Å². The molecule has 0 saturated carbocycles. The molecule has 0 radical (unpaired) electrons. The highest BCUT2D eigenvalue weighted by Crippen LogP contribution is 2.22. The average Bonchev–Trinajstić information content (AvgIpc) is 2.42. The van der Waals surface area contributed by atoms with Crippen molar-refractivity contribution >= 4 is 51.5 Å². The van der Waals surface area contributed by atoms with E-state index in [0.29, 0.717) is 22.1 Å². The lowest BCUT2D eigenvalue weighted by Gasteiger charge is -2.08. The number of anilines is 2. The number of nitrogen functional groups attached to an aromatic ring is 1. The molecule has 0 saturated heterocycles. The zero-order valence-electron chi connectivity index (χ0n) is 10.4. The van der Waals surface area contributed by atoms with Gasteiger partial charge in [0.2, 0.25) is 0 Å². The Hall–Kier alpha value is -1.47. The van der Waals surface area contributed by atoms with Gasteiger partial charge in [0, 0.05) is 9.26 Å². The van der Waals surface area contributed by atoms with E-state index < -0.39 is 0 Å². The van der Waals surface area contributed by atoms with Crippen LogP contribution in [0.4, 0.5) is 11.4 Å². The van der Waals surface area contributed by atoms with E-state index in [1.807, 2.05) is 24.3 Å². The molecule has 2 rings (SSSR count). The van der Waals surface area contributed by atoms with E-state index in [9.17, 15) is 4.79 Å². The molecule has 2 aromatic carbocycles. The number of carbonyl (C=O) groups excluding carboxylic acids is 1. The molecule has 0 fully saturated rings. The van der Waals surface area contributed by atoms with Crippen LogP contribution in [0.3, 0.4) is 0 Å². The molecule has 0 spiro atoms. The van der Waals surface area contributed by atoms with Crippen molar-refractivity contribution in [3.8, 4) is 5.75 Å². The summed E-state index contributed by atoms with van der Waals surface area (Å²) in [6, 6.07) is 12.4. The molecular weight excluding hydrogens is 391 g/mol. The van der Waals surface area contributed by atoms with Crippen molar-refractivity contribution in [2.75, 3.05) is 17.7 Å². The van der Waals surface area contributed by atoms with Crippen molar-refractivity contribution in [2.45, 2.75) is 0 Å². The largest absolute Gasteiger partial charge is 0.484 e. The molecule has 0 heterocycles. The Morgan fingerprint density at radius 1 is 1.25 bits per heavy atom. The summed E-state index contributed by atoms with van der Waals surface area (Å²) in [5.41, 5.74) is 6.67. The number of rotatable bonds is 4. The van der Waals surface area contributed by atoms with Crippen LogP contribution in [0.5, 0.6) is 5.75 Å². The molecule has 0 aliphatic carbocycles. The van der Waals surface area contributed by atoms with Crippen molar-refractivity contribution < 1.29 is 9.53 Å². The first-order chi connectivity index (χ1) is 9.54. The van der Waals surface area contributed by atoms with E-state index >= 15 is 0 Å². The lowest BCUT2D eigenvalue weighted by atomic mass is 10.3. The number of amides is 1. The third-order valence-corrected chi connectivity index (χ3v) is 3.53. The van der Waals surface area contributed by atoms with Crippen molar-refractivity contribution in [3.63, 3.8) is 0 Å². The second-order valence-electron chi connectivity index (χ2n) is 4.03.